The summed E-state index contributed by atoms with van der Waals surface area (Å²) in [5.41, 5.74) is 5.20. The number of benzene rings is 4. The first-order chi connectivity index (χ1) is 24.5. The lowest BCUT2D eigenvalue weighted by atomic mass is 9.88. The van der Waals surface area contributed by atoms with E-state index < -0.39 is 29.9 Å². The van der Waals surface area contributed by atoms with Crippen LogP contribution >= 0.6 is 11.3 Å². The van der Waals surface area contributed by atoms with E-state index in [1.807, 2.05) is 36.4 Å². The van der Waals surface area contributed by atoms with Crippen LogP contribution in [0.5, 0.6) is 5.75 Å². The number of nitrogens with zero attached hydrogens (tertiary/aromatic N) is 1. The van der Waals surface area contributed by atoms with E-state index in [4.69, 9.17) is 5.11 Å². The SMILES string of the molecule is O=C(O)CCNC(=O)c1ccc(CC(C(=O)Nc2ccc(OC(F)(F)F)c(-c3nc4ccccc4s3)c2)c2ccc(C3=CCCCC3)cc2)cc1. The maximum atomic E-state index is 14.1. The fraction of sp³-hybridized carbons (Fsp3) is 0.231. The number of carboxylic acid groups (broad SMARTS) is 1. The van der Waals surface area contributed by atoms with Gasteiger partial charge in [0.2, 0.25) is 5.91 Å². The minimum atomic E-state index is -4.93. The van der Waals surface area contributed by atoms with Gasteiger partial charge in [-0.1, -0.05) is 54.6 Å². The molecule has 1 aliphatic carbocycles. The first-order valence-electron chi connectivity index (χ1n) is 16.5. The number of rotatable bonds is 12. The molecule has 262 valence electrons. The molecule has 8 nitrogen and oxygen atoms in total. The number of allylic oxidation sites excluding steroid dienone is 2. The zero-order chi connectivity index (χ0) is 36.0. The second-order valence-corrected chi connectivity index (χ2v) is 13.2. The molecule has 51 heavy (non-hydrogen) atoms. The second-order valence-electron chi connectivity index (χ2n) is 12.2. The van der Waals surface area contributed by atoms with E-state index in [0.717, 1.165) is 47.1 Å². The van der Waals surface area contributed by atoms with Crippen LogP contribution in [0.2, 0.25) is 0 Å². The number of aliphatic carboxylic acids is 1. The van der Waals surface area contributed by atoms with Crippen LogP contribution in [0.25, 0.3) is 26.4 Å². The minimum absolute atomic E-state index is 0.00491. The first-order valence-corrected chi connectivity index (χ1v) is 17.3. The summed E-state index contributed by atoms with van der Waals surface area (Å²) in [6, 6.07) is 25.7. The van der Waals surface area contributed by atoms with E-state index in [-0.39, 0.29) is 36.5 Å². The molecular weight excluding hydrogens is 680 g/mol. The van der Waals surface area contributed by atoms with Gasteiger partial charge in [0.05, 0.1) is 28.1 Å². The van der Waals surface area contributed by atoms with E-state index in [0.29, 0.717) is 16.1 Å². The van der Waals surface area contributed by atoms with Crippen molar-refractivity contribution >= 4 is 50.6 Å². The molecule has 4 aromatic carbocycles. The Balaban J connectivity index is 1.28. The van der Waals surface area contributed by atoms with Gasteiger partial charge in [-0.25, -0.2) is 4.98 Å². The molecule has 1 unspecified atom stereocenters. The fourth-order valence-corrected chi connectivity index (χ4v) is 7.00. The van der Waals surface area contributed by atoms with Crippen molar-refractivity contribution in [1.29, 1.82) is 0 Å². The van der Waals surface area contributed by atoms with Crippen LogP contribution in [0.3, 0.4) is 0 Å². The Morgan fingerprint density at radius 1 is 0.941 bits per heavy atom. The number of hydrogen-bond donors (Lipinski definition) is 3. The van der Waals surface area contributed by atoms with Crippen LogP contribution in [-0.4, -0.2) is 40.8 Å². The number of carboxylic acids is 1. The monoisotopic (exact) mass is 713 g/mol. The summed E-state index contributed by atoms with van der Waals surface area (Å²) in [6.45, 7) is -0.00491. The highest BCUT2D eigenvalue weighted by Gasteiger charge is 2.33. The summed E-state index contributed by atoms with van der Waals surface area (Å²) in [6.07, 6.45) is 1.68. The summed E-state index contributed by atoms with van der Waals surface area (Å²) in [7, 11) is 0. The lowest BCUT2D eigenvalue weighted by Crippen LogP contribution is -2.26. The molecule has 5 aromatic rings. The maximum Gasteiger partial charge on any atom is 0.573 e. The van der Waals surface area contributed by atoms with Gasteiger partial charge in [0.1, 0.15) is 10.8 Å². The van der Waals surface area contributed by atoms with Crippen molar-refractivity contribution in [2.75, 3.05) is 11.9 Å². The number of carbonyl (C=O) groups is 3. The molecular formula is C39H34F3N3O5S. The van der Waals surface area contributed by atoms with Crippen LogP contribution in [0, 0.1) is 0 Å². The zero-order valence-corrected chi connectivity index (χ0v) is 28.2. The third-order valence-electron chi connectivity index (χ3n) is 8.57. The minimum Gasteiger partial charge on any atom is -0.481 e. The van der Waals surface area contributed by atoms with Gasteiger partial charge in [0.15, 0.2) is 0 Å². The van der Waals surface area contributed by atoms with Gasteiger partial charge in [-0.3, -0.25) is 14.4 Å². The second kappa shape index (κ2) is 15.6. The fourth-order valence-electron chi connectivity index (χ4n) is 6.01. The maximum absolute atomic E-state index is 14.1. The van der Waals surface area contributed by atoms with Gasteiger partial charge in [-0.2, -0.15) is 0 Å². The standard InChI is InChI=1S/C39H34F3N3O5S/c40-39(41,42)50-33-19-18-29(23-31(33)38-45-32-8-4-5-9-34(32)51-38)44-37(49)30(27-16-14-26(15-17-27)25-6-2-1-3-7-25)22-24-10-12-28(13-11-24)36(48)43-21-20-35(46)47/h4-6,8-19,23,30H,1-3,7,20-22H2,(H,43,48)(H,44,49)(H,46,47). The molecule has 0 saturated heterocycles. The largest absolute Gasteiger partial charge is 0.573 e. The van der Waals surface area contributed by atoms with E-state index in [9.17, 15) is 27.6 Å². The Kier molecular flexibility index (Phi) is 10.8. The number of nitrogens with one attached hydrogen (secondary N) is 2. The van der Waals surface area contributed by atoms with Gasteiger partial charge < -0.3 is 20.5 Å². The topological polar surface area (TPSA) is 118 Å². The van der Waals surface area contributed by atoms with Crippen LogP contribution in [0.4, 0.5) is 18.9 Å². The third-order valence-corrected chi connectivity index (χ3v) is 9.64. The normalized spacial score (nSPS) is 13.7. The van der Waals surface area contributed by atoms with Crippen molar-refractivity contribution in [3.05, 3.63) is 119 Å². The molecule has 0 saturated carbocycles. The third kappa shape index (κ3) is 9.20. The summed E-state index contributed by atoms with van der Waals surface area (Å²) >= 11 is 1.21. The molecule has 1 heterocycles. The van der Waals surface area contributed by atoms with Crippen LogP contribution < -0.4 is 15.4 Å². The summed E-state index contributed by atoms with van der Waals surface area (Å²) < 4.78 is 45.3. The highest BCUT2D eigenvalue weighted by Crippen LogP contribution is 2.40. The number of para-hydroxylation sites is 1. The smallest absolute Gasteiger partial charge is 0.481 e. The molecule has 1 aromatic heterocycles. The van der Waals surface area contributed by atoms with Crippen molar-refractivity contribution in [3.63, 3.8) is 0 Å². The first kappa shape index (κ1) is 35.3. The van der Waals surface area contributed by atoms with Crippen LogP contribution in [-0.2, 0) is 16.0 Å². The molecule has 12 heteroatoms. The molecule has 2 amide bonds. The van der Waals surface area contributed by atoms with Crippen LogP contribution in [0.1, 0.15) is 65.1 Å². The summed E-state index contributed by atoms with van der Waals surface area (Å²) in [5.74, 6) is -2.94. The number of thiazole rings is 1. The van der Waals surface area contributed by atoms with Crippen LogP contribution in [0.15, 0.2) is 97.1 Å². The van der Waals surface area contributed by atoms with Crippen molar-refractivity contribution < 1.29 is 37.4 Å². The molecule has 0 fully saturated rings. The number of ether oxygens (including phenoxy) is 1. The van der Waals surface area contributed by atoms with Crippen molar-refractivity contribution in [3.8, 4) is 16.3 Å². The van der Waals surface area contributed by atoms with Gasteiger partial charge in [-0.15, -0.1) is 24.5 Å². The van der Waals surface area contributed by atoms with E-state index in [1.165, 1.54) is 35.1 Å². The number of hydrogen-bond acceptors (Lipinski definition) is 6. The summed E-state index contributed by atoms with van der Waals surface area (Å²) in [5, 5.41) is 14.6. The van der Waals surface area contributed by atoms with Gasteiger partial charge in [0, 0.05) is 17.8 Å². The Morgan fingerprint density at radius 2 is 1.71 bits per heavy atom. The number of amides is 2. The highest BCUT2D eigenvalue weighted by molar-refractivity contribution is 7.21. The zero-order valence-electron chi connectivity index (χ0n) is 27.3. The molecule has 0 spiro atoms. The highest BCUT2D eigenvalue weighted by atomic mass is 32.1. The molecule has 1 aliphatic rings. The van der Waals surface area contributed by atoms with Crippen molar-refractivity contribution in [1.82, 2.24) is 10.3 Å². The number of anilines is 1. The number of fused-ring (bicyclic) bond motifs is 1. The van der Waals surface area contributed by atoms with Gasteiger partial charge >= 0.3 is 12.3 Å². The van der Waals surface area contributed by atoms with E-state index >= 15 is 0 Å². The van der Waals surface area contributed by atoms with E-state index in [1.54, 1.807) is 36.4 Å². The molecule has 1 atom stereocenters. The Morgan fingerprint density at radius 3 is 2.39 bits per heavy atom. The number of halogens is 3. The lowest BCUT2D eigenvalue weighted by Gasteiger charge is -2.20. The van der Waals surface area contributed by atoms with Gasteiger partial charge in [-0.05, 0) is 96.8 Å². The predicted molar refractivity (Wildman–Crippen MR) is 191 cm³/mol. The molecule has 0 radical (unpaired) electrons. The Labute approximate surface area is 296 Å². The molecule has 6 rings (SSSR count). The lowest BCUT2D eigenvalue weighted by molar-refractivity contribution is -0.274. The van der Waals surface area contributed by atoms with Gasteiger partial charge in [0.25, 0.3) is 5.91 Å². The average molecular weight is 714 g/mol. The number of carbonyl (C=O) groups excluding carboxylic acids is 2. The Bertz CT molecular complexity index is 2040. The molecule has 3 N–H and O–H groups in total. The number of alkyl halides is 3. The van der Waals surface area contributed by atoms with Crippen molar-refractivity contribution in [2.45, 2.75) is 50.8 Å². The summed E-state index contributed by atoms with van der Waals surface area (Å²) in [4.78, 5) is 41.9. The van der Waals surface area contributed by atoms with Crippen molar-refractivity contribution in [2.24, 2.45) is 0 Å². The number of aromatic nitrogens is 1. The molecule has 0 bridgehead atoms. The van der Waals surface area contributed by atoms with E-state index in [2.05, 4.69) is 26.4 Å². The predicted octanol–water partition coefficient (Wildman–Crippen LogP) is 8.99. The Hall–Kier alpha value is -5.49. The average Bonchev–Trinajstić information content (AvgIpc) is 3.55. The quantitative estimate of drug-likeness (QED) is 0.119. The molecule has 0 aliphatic heterocycles.